The zero-order valence-corrected chi connectivity index (χ0v) is 27.9. The van der Waals surface area contributed by atoms with E-state index in [2.05, 4.69) is 0 Å². The van der Waals surface area contributed by atoms with E-state index >= 15 is 0 Å². The lowest BCUT2D eigenvalue weighted by Gasteiger charge is -2.67. The smallest absolute Gasteiger partial charge is 0.333 e. The Kier molecular flexibility index (Phi) is 9.83. The maximum absolute atomic E-state index is 13.6. The van der Waals surface area contributed by atoms with Crippen molar-refractivity contribution >= 4 is 23.7 Å². The molecule has 0 bridgehead atoms. The van der Waals surface area contributed by atoms with Gasteiger partial charge in [-0.25, -0.2) is 14.4 Å². The minimum absolute atomic E-state index is 0.0560. The molecule has 3 fully saturated rings. The van der Waals surface area contributed by atoms with Crippen molar-refractivity contribution in [1.29, 1.82) is 0 Å². The van der Waals surface area contributed by atoms with Crippen LogP contribution in [0.15, 0.2) is 23.3 Å². The van der Waals surface area contributed by atoms with Crippen molar-refractivity contribution in [2.75, 3.05) is 27.4 Å². The number of aliphatic hydroxyl groups is 2. The fourth-order valence-electron chi connectivity index (χ4n) is 8.87. The lowest BCUT2D eigenvalue weighted by molar-refractivity contribution is -0.315. The van der Waals surface area contributed by atoms with Gasteiger partial charge in [0.1, 0.15) is 36.6 Å². The van der Waals surface area contributed by atoms with Crippen molar-refractivity contribution in [3.63, 3.8) is 0 Å². The van der Waals surface area contributed by atoms with Gasteiger partial charge in [0.05, 0.1) is 5.41 Å². The molecule has 0 saturated heterocycles. The fraction of sp³-hybridized carbons (Fsp3) is 0.765. The predicted octanol–water partition coefficient (Wildman–Crippen LogP) is 3.38. The second-order valence-corrected chi connectivity index (χ2v) is 14.2. The Hall–Kier alpha value is -2.60. The maximum atomic E-state index is 13.6. The summed E-state index contributed by atoms with van der Waals surface area (Å²) in [6, 6.07) is 0. The molecule has 0 aromatic heterocycles. The van der Waals surface area contributed by atoms with Crippen LogP contribution >= 0.6 is 0 Å². The normalized spacial score (nSPS) is 39.2. The molecule has 11 nitrogen and oxygen atoms in total. The van der Waals surface area contributed by atoms with E-state index in [0.717, 1.165) is 11.1 Å². The summed E-state index contributed by atoms with van der Waals surface area (Å²) >= 11 is 0. The molecular weight excluding hydrogens is 584 g/mol. The molecule has 0 spiro atoms. The van der Waals surface area contributed by atoms with Crippen molar-refractivity contribution in [3.8, 4) is 0 Å². The number of ketones is 1. The largest absolute Gasteiger partial charge is 0.460 e. The van der Waals surface area contributed by atoms with Crippen molar-refractivity contribution in [2.45, 2.75) is 115 Å². The zero-order chi connectivity index (χ0) is 33.6. The summed E-state index contributed by atoms with van der Waals surface area (Å²) in [5.74, 6) is -2.92. The van der Waals surface area contributed by atoms with Crippen LogP contribution in [-0.2, 0) is 42.9 Å². The average Bonchev–Trinajstić information content (AvgIpc) is 3.20. The Labute approximate surface area is 265 Å². The van der Waals surface area contributed by atoms with Crippen molar-refractivity contribution in [1.82, 2.24) is 0 Å². The molecule has 45 heavy (non-hydrogen) atoms. The summed E-state index contributed by atoms with van der Waals surface area (Å²) in [7, 11) is 2.76. The van der Waals surface area contributed by atoms with Gasteiger partial charge < -0.3 is 33.9 Å². The molecule has 2 N–H and O–H groups in total. The van der Waals surface area contributed by atoms with Gasteiger partial charge in [0.15, 0.2) is 11.4 Å². The van der Waals surface area contributed by atoms with Gasteiger partial charge in [0.2, 0.25) is 0 Å². The van der Waals surface area contributed by atoms with Crippen LogP contribution in [0.4, 0.5) is 0 Å². The van der Waals surface area contributed by atoms with Crippen LogP contribution in [0.3, 0.4) is 0 Å². The predicted molar refractivity (Wildman–Crippen MR) is 162 cm³/mol. The van der Waals surface area contributed by atoms with Gasteiger partial charge in [-0.3, -0.25) is 4.79 Å². The Morgan fingerprint density at radius 1 is 0.978 bits per heavy atom. The number of Topliss-reactive ketones (excluding diaryl/α,β-unsaturated/α-hetero) is 1. The van der Waals surface area contributed by atoms with Crippen LogP contribution in [0.5, 0.6) is 0 Å². The molecule has 0 aromatic rings. The lowest BCUT2D eigenvalue weighted by atomic mass is 9.42. The Morgan fingerprint density at radius 3 is 2.22 bits per heavy atom. The summed E-state index contributed by atoms with van der Waals surface area (Å²) < 4.78 is 27.7. The molecule has 252 valence electrons. The summed E-state index contributed by atoms with van der Waals surface area (Å²) in [6.45, 7) is 10.1. The molecule has 4 aliphatic rings. The van der Waals surface area contributed by atoms with Gasteiger partial charge in [-0.2, -0.15) is 0 Å². The molecule has 0 aromatic carbocycles. The molecule has 8 atom stereocenters. The van der Waals surface area contributed by atoms with Gasteiger partial charge in [-0.1, -0.05) is 38.0 Å². The van der Waals surface area contributed by atoms with Crippen molar-refractivity contribution < 1.29 is 53.1 Å². The summed E-state index contributed by atoms with van der Waals surface area (Å²) in [5, 5.41) is 25.7. The molecule has 0 radical (unpaired) electrons. The van der Waals surface area contributed by atoms with Crippen LogP contribution in [-0.4, -0.2) is 90.3 Å². The number of rotatable bonds is 10. The molecule has 4 rings (SSSR count). The molecule has 11 heteroatoms. The van der Waals surface area contributed by atoms with Gasteiger partial charge in [-0.15, -0.1) is 0 Å². The molecular formula is C34H50O11. The van der Waals surface area contributed by atoms with Gasteiger partial charge >= 0.3 is 17.9 Å². The van der Waals surface area contributed by atoms with E-state index in [1.54, 1.807) is 6.92 Å². The first-order valence-electron chi connectivity index (χ1n) is 15.9. The maximum Gasteiger partial charge on any atom is 0.333 e. The highest BCUT2D eigenvalue weighted by Gasteiger charge is 2.83. The molecule has 4 aliphatic carbocycles. The minimum Gasteiger partial charge on any atom is -0.460 e. The fourth-order valence-corrected chi connectivity index (χ4v) is 8.87. The highest BCUT2D eigenvalue weighted by atomic mass is 16.6. The third-order valence-corrected chi connectivity index (χ3v) is 11.7. The van der Waals surface area contributed by atoms with Crippen LogP contribution in [0, 0.1) is 22.7 Å². The minimum atomic E-state index is -1.99. The molecule has 0 amide bonds. The van der Waals surface area contributed by atoms with Crippen LogP contribution in [0.2, 0.25) is 0 Å². The third-order valence-electron chi connectivity index (χ3n) is 11.7. The molecule has 0 aliphatic heterocycles. The number of esters is 3. The number of hydrogen-bond acceptors (Lipinski definition) is 11. The number of methoxy groups -OCH3 is 2. The average molecular weight is 635 g/mol. The number of hydrogen-bond donors (Lipinski definition) is 2. The quantitative estimate of drug-likeness (QED) is 0.157. The molecule has 3 saturated carbocycles. The Morgan fingerprint density at radius 2 is 1.62 bits per heavy atom. The van der Waals surface area contributed by atoms with E-state index in [4.69, 9.17) is 23.7 Å². The van der Waals surface area contributed by atoms with Gasteiger partial charge in [0.25, 0.3) is 0 Å². The standard InChI is InChI=1S/C34H50O11/c1-20(2)21(3)15-27(36)44-26-17-25-30(5)11-10-24(43-28(37)18-41-7)16-23(30)9-12-32(25,39)34(40)14-13-33(22(4)35,31(26,34)6)45-29(38)19-42-8/h9,15,20,24-26,39-40H,10-14,16-19H2,1-8H3/b21-15+/t24-,25+,26+,30-,31+,32-,33+,34+/m0/s1. The molecule has 0 heterocycles. The summed E-state index contributed by atoms with van der Waals surface area (Å²) in [6.07, 6.45) is 3.41. The van der Waals surface area contributed by atoms with E-state index in [9.17, 15) is 29.4 Å². The molecule has 0 unspecified atom stereocenters. The number of allylic oxidation sites excluding steroid dienone is 1. The van der Waals surface area contributed by atoms with E-state index in [1.165, 1.54) is 27.2 Å². The highest BCUT2D eigenvalue weighted by molar-refractivity contribution is 5.90. The summed E-state index contributed by atoms with van der Waals surface area (Å²) in [4.78, 5) is 52.1. The van der Waals surface area contributed by atoms with Crippen LogP contribution in [0.25, 0.3) is 0 Å². The topological polar surface area (TPSA) is 155 Å². The third kappa shape index (κ3) is 5.47. The number of carbonyl (C=O) groups excluding carboxylic acids is 4. The van der Waals surface area contributed by atoms with E-state index in [-0.39, 0.29) is 44.3 Å². The van der Waals surface area contributed by atoms with Crippen LogP contribution < -0.4 is 0 Å². The summed E-state index contributed by atoms with van der Waals surface area (Å²) in [5.41, 5.74) is -6.19. The first-order chi connectivity index (χ1) is 21.0. The van der Waals surface area contributed by atoms with Crippen LogP contribution in [0.1, 0.15) is 86.5 Å². The van der Waals surface area contributed by atoms with Gasteiger partial charge in [0, 0.05) is 32.6 Å². The first kappa shape index (κ1) is 35.3. The number of fused-ring (bicyclic) bond motifs is 5. The monoisotopic (exact) mass is 634 g/mol. The van der Waals surface area contributed by atoms with E-state index in [1.807, 2.05) is 33.8 Å². The van der Waals surface area contributed by atoms with Crippen molar-refractivity contribution in [2.24, 2.45) is 22.7 Å². The first-order valence-corrected chi connectivity index (χ1v) is 15.9. The number of ether oxygens (including phenoxy) is 5. The number of carbonyl (C=O) groups is 4. The van der Waals surface area contributed by atoms with Gasteiger partial charge in [-0.05, 0) is 70.6 Å². The Balaban J connectivity index is 1.83. The van der Waals surface area contributed by atoms with Crippen molar-refractivity contribution in [3.05, 3.63) is 23.3 Å². The highest BCUT2D eigenvalue weighted by Crippen LogP contribution is 2.71. The SMILES string of the molecule is COCC(=O)O[C@H]1CC[C@@]2(C)C(=CC[C@]3(O)[C@@H]2C[C@@H](OC(=O)/C=C(\C)C(C)C)[C@@]2(C)[C@]3(O)CC[C@@]2(OC(=O)COC)C(C)=O)C1. The second-order valence-electron chi connectivity index (χ2n) is 14.2. The van der Waals surface area contributed by atoms with E-state index in [0.29, 0.717) is 19.3 Å². The van der Waals surface area contributed by atoms with E-state index < -0.39 is 70.0 Å². The zero-order valence-electron chi connectivity index (χ0n) is 27.9. The second kappa shape index (κ2) is 12.5. The lowest BCUT2D eigenvalue weighted by Crippen LogP contribution is -2.78. The Bertz CT molecular complexity index is 1270.